The second-order valence-electron chi connectivity index (χ2n) is 7.77. The van der Waals surface area contributed by atoms with E-state index >= 15 is 0 Å². The number of hydrogen-bond acceptors (Lipinski definition) is 2. The normalized spacial score (nSPS) is 12.9. The minimum absolute atomic E-state index is 0.298. The molecule has 0 aliphatic heterocycles. The van der Waals surface area contributed by atoms with Gasteiger partial charge in [-0.05, 0) is 41.8 Å². The molecule has 3 aromatic carbocycles. The molecule has 1 unspecified atom stereocenters. The Bertz CT molecular complexity index is 1310. The van der Waals surface area contributed by atoms with Gasteiger partial charge in [-0.25, -0.2) is 0 Å². The first-order valence-electron chi connectivity index (χ1n) is 10.3. The third kappa shape index (κ3) is 4.17. The average Bonchev–Trinajstić information content (AvgIpc) is 3.30. The van der Waals surface area contributed by atoms with Crippen LogP contribution in [0.4, 0.5) is 0 Å². The molecule has 5 aromatic rings. The minimum atomic E-state index is -0.591. The lowest BCUT2D eigenvalue weighted by molar-refractivity contribution is 0.0304. The maximum absolute atomic E-state index is 10.7. The van der Waals surface area contributed by atoms with Crippen molar-refractivity contribution >= 4 is 64.4 Å². The molecule has 0 spiro atoms. The molecule has 0 radical (unpaired) electrons. The van der Waals surface area contributed by atoms with E-state index < -0.39 is 6.10 Å². The summed E-state index contributed by atoms with van der Waals surface area (Å²) in [4.78, 5) is 3.33. The average molecular weight is 542 g/mol. The topological polar surface area (TPSA) is 50.2 Å². The van der Waals surface area contributed by atoms with E-state index in [1.165, 1.54) is 16.5 Å². The second-order valence-corrected chi connectivity index (χ2v) is 9.60. The monoisotopic (exact) mass is 540 g/mol. The lowest BCUT2D eigenvalue weighted by Crippen LogP contribution is -2.22. The number of halogens is 2. The zero-order valence-electron chi connectivity index (χ0n) is 16.8. The zero-order valence-corrected chi connectivity index (χ0v) is 20.0. The van der Waals surface area contributed by atoms with Gasteiger partial charge in [-0.15, -0.1) is 0 Å². The molecule has 2 N–H and O–H groups in total. The second kappa shape index (κ2) is 8.79. The van der Waals surface area contributed by atoms with Crippen molar-refractivity contribution in [1.29, 1.82) is 0 Å². The first kappa shape index (κ1) is 20.8. The van der Waals surface area contributed by atoms with Gasteiger partial charge in [0.05, 0.1) is 25.9 Å². The summed E-state index contributed by atoms with van der Waals surface area (Å²) >= 11 is 7.15. The van der Waals surface area contributed by atoms with E-state index in [1.54, 1.807) is 0 Å². The number of nitrogens with one attached hydrogen (secondary N) is 1. The van der Waals surface area contributed by atoms with E-state index in [-0.39, 0.29) is 0 Å². The number of aliphatic hydroxyl groups excluding tert-OH is 1. The Morgan fingerprint density at radius 2 is 1.58 bits per heavy atom. The molecule has 0 fully saturated rings. The van der Waals surface area contributed by atoms with Crippen molar-refractivity contribution in [3.63, 3.8) is 0 Å². The number of H-pyrrole nitrogens is 1. The first-order valence-corrected chi connectivity index (χ1v) is 11.9. The highest BCUT2D eigenvalue weighted by Gasteiger charge is 2.15. The minimum Gasteiger partial charge on any atom is -0.389 e. The first-order chi connectivity index (χ1) is 15.1. The number of ether oxygens (including phenoxy) is 1. The number of benzene rings is 3. The maximum atomic E-state index is 10.7. The third-order valence-corrected chi connectivity index (χ3v) is 6.66. The molecule has 2 heterocycles. The third-order valence-electron chi connectivity index (χ3n) is 5.68. The van der Waals surface area contributed by atoms with Gasteiger partial charge >= 0.3 is 0 Å². The Balaban J connectivity index is 1.28. The Hall–Kier alpha value is -2.12. The summed E-state index contributed by atoms with van der Waals surface area (Å²) in [6, 6.07) is 20.8. The van der Waals surface area contributed by atoms with Crippen LogP contribution in [0.2, 0.25) is 0 Å². The quantitative estimate of drug-likeness (QED) is 0.233. The van der Waals surface area contributed by atoms with Crippen LogP contribution in [0.15, 0.2) is 75.8 Å². The summed E-state index contributed by atoms with van der Waals surface area (Å²) in [5, 5.41) is 15.5. The van der Waals surface area contributed by atoms with Gasteiger partial charge in [0.2, 0.25) is 0 Å². The van der Waals surface area contributed by atoms with Crippen molar-refractivity contribution in [3.8, 4) is 0 Å². The number of rotatable bonds is 7. The van der Waals surface area contributed by atoms with E-state index in [9.17, 15) is 5.11 Å². The van der Waals surface area contributed by atoms with Gasteiger partial charge < -0.3 is 19.4 Å². The number of fused-ring (bicyclic) bond motifs is 4. The van der Waals surface area contributed by atoms with Crippen molar-refractivity contribution in [1.82, 2.24) is 9.55 Å². The molecule has 4 nitrogen and oxygen atoms in total. The molecule has 5 rings (SSSR count). The van der Waals surface area contributed by atoms with Gasteiger partial charge in [0.1, 0.15) is 0 Å². The molecule has 0 bridgehead atoms. The van der Waals surface area contributed by atoms with Crippen LogP contribution in [0, 0.1) is 0 Å². The maximum Gasteiger partial charge on any atom is 0.0952 e. The molecule has 158 valence electrons. The molecular weight excluding hydrogens is 520 g/mol. The van der Waals surface area contributed by atoms with Crippen LogP contribution in [0.5, 0.6) is 0 Å². The van der Waals surface area contributed by atoms with Gasteiger partial charge in [0.25, 0.3) is 0 Å². The SMILES string of the molecule is OC(COCCc1[nH]cc2ccccc12)Cn1c2ccc(Br)cc2c2cc(Br)ccc21. The summed E-state index contributed by atoms with van der Waals surface area (Å²) in [5.74, 6) is 0. The molecule has 0 aliphatic rings. The predicted octanol–water partition coefficient (Wildman–Crippen LogP) is 6.42. The number of nitrogens with zero attached hydrogens (tertiary/aromatic N) is 1. The summed E-state index contributed by atoms with van der Waals surface area (Å²) in [6.07, 6.45) is 2.22. The number of aromatic nitrogens is 2. The smallest absolute Gasteiger partial charge is 0.0952 e. The fraction of sp³-hybridized carbons (Fsp3) is 0.200. The highest BCUT2D eigenvalue weighted by Crippen LogP contribution is 2.33. The standard InChI is InChI=1S/C25H22Br2N2O2/c26-17-5-7-24-21(11-17)22-12-18(27)6-8-25(22)29(24)14-19(30)15-31-10-9-23-20-4-2-1-3-16(20)13-28-23/h1-8,11-13,19,28,30H,9-10,14-15H2. The van der Waals surface area contributed by atoms with Crippen LogP contribution in [-0.2, 0) is 17.7 Å². The summed E-state index contributed by atoms with van der Waals surface area (Å²) < 4.78 is 10.1. The van der Waals surface area contributed by atoms with Crippen LogP contribution in [0.25, 0.3) is 32.6 Å². The Morgan fingerprint density at radius 1 is 0.903 bits per heavy atom. The van der Waals surface area contributed by atoms with Gasteiger partial charge in [-0.1, -0.05) is 56.1 Å². The molecule has 1 atom stereocenters. The van der Waals surface area contributed by atoms with Crippen LogP contribution < -0.4 is 0 Å². The molecule has 0 saturated heterocycles. The van der Waals surface area contributed by atoms with Crippen molar-refractivity contribution in [3.05, 3.63) is 81.5 Å². The van der Waals surface area contributed by atoms with Crippen LogP contribution in [0.3, 0.4) is 0 Å². The Labute approximate surface area is 197 Å². The zero-order chi connectivity index (χ0) is 21.4. The molecule has 0 saturated carbocycles. The van der Waals surface area contributed by atoms with Crippen molar-refractivity contribution in [2.24, 2.45) is 0 Å². The van der Waals surface area contributed by atoms with E-state index in [0.29, 0.717) is 19.8 Å². The van der Waals surface area contributed by atoms with Gasteiger partial charge in [-0.2, -0.15) is 0 Å². The molecule has 0 amide bonds. The van der Waals surface area contributed by atoms with E-state index in [1.807, 2.05) is 30.5 Å². The molecule has 0 aliphatic carbocycles. The summed E-state index contributed by atoms with van der Waals surface area (Å²) in [5.41, 5.74) is 3.38. The van der Waals surface area contributed by atoms with E-state index in [2.05, 4.69) is 77.8 Å². The lowest BCUT2D eigenvalue weighted by atomic mass is 10.1. The predicted molar refractivity (Wildman–Crippen MR) is 134 cm³/mol. The number of hydrogen-bond donors (Lipinski definition) is 2. The van der Waals surface area contributed by atoms with Gasteiger partial charge in [-0.3, -0.25) is 0 Å². The summed E-state index contributed by atoms with van der Waals surface area (Å²) in [7, 11) is 0. The van der Waals surface area contributed by atoms with Gasteiger partial charge in [0.15, 0.2) is 0 Å². The van der Waals surface area contributed by atoms with Crippen LogP contribution in [0.1, 0.15) is 5.69 Å². The van der Waals surface area contributed by atoms with E-state index in [4.69, 9.17) is 4.74 Å². The Kier molecular flexibility index (Phi) is 5.89. The molecule has 6 heteroatoms. The molecular formula is C25H22Br2N2O2. The fourth-order valence-electron chi connectivity index (χ4n) is 4.25. The highest BCUT2D eigenvalue weighted by atomic mass is 79.9. The number of aromatic amines is 1. The van der Waals surface area contributed by atoms with Crippen LogP contribution in [-0.4, -0.2) is 34.0 Å². The lowest BCUT2D eigenvalue weighted by Gasteiger charge is -2.14. The summed E-state index contributed by atoms with van der Waals surface area (Å²) in [6.45, 7) is 1.34. The Morgan fingerprint density at radius 3 is 2.29 bits per heavy atom. The number of aliphatic hydroxyl groups is 1. The van der Waals surface area contributed by atoms with Crippen molar-refractivity contribution < 1.29 is 9.84 Å². The van der Waals surface area contributed by atoms with Crippen molar-refractivity contribution in [2.45, 2.75) is 19.1 Å². The van der Waals surface area contributed by atoms with Gasteiger partial charge in [0, 0.05) is 54.4 Å². The van der Waals surface area contributed by atoms with E-state index in [0.717, 1.165) is 37.2 Å². The highest BCUT2D eigenvalue weighted by molar-refractivity contribution is 9.10. The fourth-order valence-corrected chi connectivity index (χ4v) is 4.97. The largest absolute Gasteiger partial charge is 0.389 e. The van der Waals surface area contributed by atoms with Crippen LogP contribution >= 0.6 is 31.9 Å². The van der Waals surface area contributed by atoms with Crippen molar-refractivity contribution in [2.75, 3.05) is 13.2 Å². The molecule has 2 aromatic heterocycles. The molecule has 31 heavy (non-hydrogen) atoms.